The number of nitrogens with zero attached hydrogens (tertiary/aromatic N) is 2. The molecular formula is C20H23N3O. The second kappa shape index (κ2) is 7.79. The second-order valence-corrected chi connectivity index (χ2v) is 5.76. The van der Waals surface area contributed by atoms with Crippen molar-refractivity contribution in [2.24, 2.45) is 7.05 Å². The highest BCUT2D eigenvalue weighted by atomic mass is 16.5. The van der Waals surface area contributed by atoms with Crippen LogP contribution in [-0.4, -0.2) is 16.3 Å². The van der Waals surface area contributed by atoms with Crippen molar-refractivity contribution in [1.82, 2.24) is 15.1 Å². The molecule has 2 aromatic carbocycles. The van der Waals surface area contributed by atoms with Gasteiger partial charge in [0.1, 0.15) is 12.4 Å². The van der Waals surface area contributed by atoms with E-state index in [1.165, 1.54) is 11.1 Å². The van der Waals surface area contributed by atoms with Gasteiger partial charge in [-0.15, -0.1) is 0 Å². The first-order chi connectivity index (χ1) is 11.8. The lowest BCUT2D eigenvalue weighted by atomic mass is 10.1. The summed E-state index contributed by atoms with van der Waals surface area (Å²) in [6, 6.07) is 18.3. The number of nitrogens with one attached hydrogen (secondary N) is 1. The van der Waals surface area contributed by atoms with Crippen molar-refractivity contribution < 1.29 is 4.74 Å². The molecular weight excluding hydrogens is 298 g/mol. The molecule has 124 valence electrons. The lowest BCUT2D eigenvalue weighted by Crippen LogP contribution is -2.11. The third-order valence-electron chi connectivity index (χ3n) is 3.85. The number of aromatic nitrogens is 2. The molecule has 1 N–H and O–H groups in total. The van der Waals surface area contributed by atoms with Gasteiger partial charge < -0.3 is 10.1 Å². The Morgan fingerprint density at radius 3 is 2.50 bits per heavy atom. The zero-order valence-corrected chi connectivity index (χ0v) is 14.2. The SMILES string of the molecule is CCNCc1cn(C)nc1-c1ccc(OCc2ccccc2)cc1. The van der Waals surface area contributed by atoms with Gasteiger partial charge in [-0.25, -0.2) is 0 Å². The van der Waals surface area contributed by atoms with Crippen LogP contribution in [0, 0.1) is 0 Å². The van der Waals surface area contributed by atoms with Crippen molar-refractivity contribution >= 4 is 0 Å². The Kier molecular flexibility index (Phi) is 5.29. The second-order valence-electron chi connectivity index (χ2n) is 5.76. The monoisotopic (exact) mass is 321 g/mol. The Balaban J connectivity index is 1.70. The fourth-order valence-electron chi connectivity index (χ4n) is 2.62. The highest BCUT2D eigenvalue weighted by Gasteiger charge is 2.10. The topological polar surface area (TPSA) is 39.1 Å². The zero-order chi connectivity index (χ0) is 16.8. The summed E-state index contributed by atoms with van der Waals surface area (Å²) >= 11 is 0. The first-order valence-corrected chi connectivity index (χ1v) is 8.26. The van der Waals surface area contributed by atoms with E-state index < -0.39 is 0 Å². The van der Waals surface area contributed by atoms with Crippen LogP contribution in [0.3, 0.4) is 0 Å². The maximum absolute atomic E-state index is 5.85. The molecule has 0 bridgehead atoms. The number of hydrogen-bond donors (Lipinski definition) is 1. The molecule has 0 spiro atoms. The van der Waals surface area contributed by atoms with Crippen LogP contribution < -0.4 is 10.1 Å². The largest absolute Gasteiger partial charge is 0.489 e. The van der Waals surface area contributed by atoms with Crippen molar-refractivity contribution in [3.63, 3.8) is 0 Å². The van der Waals surface area contributed by atoms with Crippen LogP contribution in [0.2, 0.25) is 0 Å². The molecule has 0 saturated carbocycles. The summed E-state index contributed by atoms with van der Waals surface area (Å²) in [6.07, 6.45) is 2.07. The Bertz CT molecular complexity index is 763. The first-order valence-electron chi connectivity index (χ1n) is 8.26. The third-order valence-corrected chi connectivity index (χ3v) is 3.85. The zero-order valence-electron chi connectivity index (χ0n) is 14.2. The molecule has 24 heavy (non-hydrogen) atoms. The summed E-state index contributed by atoms with van der Waals surface area (Å²) in [7, 11) is 1.95. The van der Waals surface area contributed by atoms with Gasteiger partial charge in [0, 0.05) is 30.9 Å². The summed E-state index contributed by atoms with van der Waals surface area (Å²) in [5.74, 6) is 0.867. The van der Waals surface area contributed by atoms with Crippen LogP contribution in [0.25, 0.3) is 11.3 Å². The number of rotatable bonds is 7. The molecule has 0 fully saturated rings. The van der Waals surface area contributed by atoms with Crippen LogP contribution in [0.1, 0.15) is 18.1 Å². The predicted octanol–water partition coefficient (Wildman–Crippen LogP) is 3.78. The Morgan fingerprint density at radius 2 is 1.79 bits per heavy atom. The van der Waals surface area contributed by atoms with Gasteiger partial charge in [0.25, 0.3) is 0 Å². The molecule has 1 heterocycles. The third kappa shape index (κ3) is 4.03. The van der Waals surface area contributed by atoms with Gasteiger partial charge in [-0.3, -0.25) is 4.68 Å². The van der Waals surface area contributed by atoms with Gasteiger partial charge >= 0.3 is 0 Å². The average molecular weight is 321 g/mol. The van der Waals surface area contributed by atoms with E-state index in [0.29, 0.717) is 6.61 Å². The smallest absolute Gasteiger partial charge is 0.119 e. The van der Waals surface area contributed by atoms with Crippen molar-refractivity contribution in [2.75, 3.05) is 6.54 Å². The van der Waals surface area contributed by atoms with Gasteiger partial charge in [0.2, 0.25) is 0 Å². The normalized spacial score (nSPS) is 10.8. The van der Waals surface area contributed by atoms with Gasteiger partial charge in [0.05, 0.1) is 5.69 Å². The van der Waals surface area contributed by atoms with Crippen LogP contribution in [0.15, 0.2) is 60.8 Å². The lowest BCUT2D eigenvalue weighted by molar-refractivity contribution is 0.306. The van der Waals surface area contributed by atoms with Crippen molar-refractivity contribution in [3.05, 3.63) is 71.9 Å². The van der Waals surface area contributed by atoms with E-state index in [4.69, 9.17) is 4.74 Å². The molecule has 0 aliphatic carbocycles. The number of benzene rings is 2. The van der Waals surface area contributed by atoms with E-state index in [9.17, 15) is 0 Å². The molecule has 0 radical (unpaired) electrons. The van der Waals surface area contributed by atoms with Crippen molar-refractivity contribution in [3.8, 4) is 17.0 Å². The molecule has 4 nitrogen and oxygen atoms in total. The molecule has 0 atom stereocenters. The van der Waals surface area contributed by atoms with Gasteiger partial charge in [0.15, 0.2) is 0 Å². The van der Waals surface area contributed by atoms with Gasteiger partial charge in [-0.05, 0) is 36.4 Å². The maximum Gasteiger partial charge on any atom is 0.119 e. The first kappa shape index (κ1) is 16.3. The standard InChI is InChI=1S/C20H23N3O/c1-3-21-13-18-14-23(2)22-20(18)17-9-11-19(12-10-17)24-15-16-7-5-4-6-8-16/h4-12,14,21H,3,13,15H2,1-2H3. The van der Waals surface area contributed by atoms with E-state index in [2.05, 4.69) is 47.8 Å². The molecule has 0 amide bonds. The fraction of sp³-hybridized carbons (Fsp3) is 0.250. The summed E-state index contributed by atoms with van der Waals surface area (Å²) < 4.78 is 7.71. The highest BCUT2D eigenvalue weighted by molar-refractivity contribution is 5.63. The molecule has 0 aliphatic heterocycles. The number of hydrogen-bond acceptors (Lipinski definition) is 3. The predicted molar refractivity (Wildman–Crippen MR) is 96.8 cm³/mol. The summed E-state index contributed by atoms with van der Waals surface area (Å²) in [5.41, 5.74) is 4.50. The van der Waals surface area contributed by atoms with E-state index in [1.54, 1.807) is 0 Å². The number of aryl methyl sites for hydroxylation is 1. The summed E-state index contributed by atoms with van der Waals surface area (Å²) in [6.45, 7) is 4.46. The lowest BCUT2D eigenvalue weighted by Gasteiger charge is -2.08. The molecule has 4 heteroatoms. The van der Waals surface area contributed by atoms with E-state index in [0.717, 1.165) is 30.1 Å². The molecule has 3 rings (SSSR count). The molecule has 1 aromatic heterocycles. The minimum atomic E-state index is 0.579. The minimum absolute atomic E-state index is 0.579. The Morgan fingerprint density at radius 1 is 1.04 bits per heavy atom. The molecule has 0 aliphatic rings. The molecule has 3 aromatic rings. The maximum atomic E-state index is 5.85. The van der Waals surface area contributed by atoms with Crippen LogP contribution >= 0.6 is 0 Å². The van der Waals surface area contributed by atoms with Gasteiger partial charge in [-0.2, -0.15) is 5.10 Å². The van der Waals surface area contributed by atoms with Crippen molar-refractivity contribution in [1.29, 1.82) is 0 Å². The van der Waals surface area contributed by atoms with Crippen LogP contribution in [0.5, 0.6) is 5.75 Å². The Labute approximate surface area is 143 Å². The van der Waals surface area contributed by atoms with Crippen LogP contribution in [0.4, 0.5) is 0 Å². The summed E-state index contributed by atoms with van der Waals surface area (Å²) in [4.78, 5) is 0. The highest BCUT2D eigenvalue weighted by Crippen LogP contribution is 2.24. The average Bonchev–Trinajstić information content (AvgIpc) is 3.00. The fourth-order valence-corrected chi connectivity index (χ4v) is 2.62. The Hall–Kier alpha value is -2.59. The van der Waals surface area contributed by atoms with Crippen LogP contribution in [-0.2, 0) is 20.2 Å². The van der Waals surface area contributed by atoms with E-state index in [-0.39, 0.29) is 0 Å². The van der Waals surface area contributed by atoms with E-state index in [1.807, 2.05) is 42.1 Å². The molecule has 0 unspecified atom stereocenters. The van der Waals surface area contributed by atoms with Crippen molar-refractivity contribution in [2.45, 2.75) is 20.1 Å². The van der Waals surface area contributed by atoms with E-state index >= 15 is 0 Å². The quantitative estimate of drug-likeness (QED) is 0.720. The summed E-state index contributed by atoms with van der Waals surface area (Å²) in [5, 5.41) is 7.95. The van der Waals surface area contributed by atoms with Gasteiger partial charge in [-0.1, -0.05) is 37.3 Å². The molecule has 0 saturated heterocycles. The number of ether oxygens (including phenoxy) is 1. The minimum Gasteiger partial charge on any atom is -0.489 e.